The van der Waals surface area contributed by atoms with E-state index in [2.05, 4.69) is 21.2 Å². The quantitative estimate of drug-likeness (QED) is 0.797. The van der Waals surface area contributed by atoms with Crippen LogP contribution in [0.15, 0.2) is 40.9 Å². The molecule has 19 heavy (non-hydrogen) atoms. The number of nitrogens with one attached hydrogen (secondary N) is 1. The normalized spacial score (nSPS) is 12.2. The first-order valence-corrected chi connectivity index (χ1v) is 6.78. The fraction of sp³-hybridized carbons (Fsp3) is 0.200. The van der Waals surface area contributed by atoms with Crippen molar-refractivity contribution in [3.05, 3.63) is 57.8 Å². The lowest BCUT2D eigenvalue weighted by Gasteiger charge is -2.19. The van der Waals surface area contributed by atoms with E-state index in [1.165, 1.54) is 12.1 Å². The summed E-state index contributed by atoms with van der Waals surface area (Å²) in [6.45, 7) is 3.93. The summed E-state index contributed by atoms with van der Waals surface area (Å²) in [6, 6.07) is 9.86. The molecule has 4 heteroatoms. The molecule has 0 radical (unpaired) electrons. The summed E-state index contributed by atoms with van der Waals surface area (Å²) >= 11 is 3.37. The van der Waals surface area contributed by atoms with Crippen LogP contribution in [-0.4, -0.2) is 5.11 Å². The Morgan fingerprint density at radius 1 is 1.21 bits per heavy atom. The van der Waals surface area contributed by atoms with Crippen molar-refractivity contribution in [1.29, 1.82) is 0 Å². The van der Waals surface area contributed by atoms with Gasteiger partial charge in [-0.3, -0.25) is 0 Å². The first-order chi connectivity index (χ1) is 8.97. The average molecular weight is 324 g/mol. The molecule has 0 saturated heterocycles. The zero-order valence-corrected chi connectivity index (χ0v) is 12.3. The first kappa shape index (κ1) is 13.9. The number of benzene rings is 2. The lowest BCUT2D eigenvalue weighted by atomic mass is 10.1. The second-order valence-electron chi connectivity index (χ2n) is 4.53. The minimum atomic E-state index is -0.261. The lowest BCUT2D eigenvalue weighted by molar-refractivity contribution is 0.475. The van der Waals surface area contributed by atoms with E-state index in [0.29, 0.717) is 0 Å². The monoisotopic (exact) mass is 323 g/mol. The van der Waals surface area contributed by atoms with Crippen molar-refractivity contribution in [1.82, 2.24) is 0 Å². The fourth-order valence-electron chi connectivity index (χ4n) is 1.97. The highest BCUT2D eigenvalue weighted by Gasteiger charge is 2.11. The second-order valence-corrected chi connectivity index (χ2v) is 5.39. The van der Waals surface area contributed by atoms with Crippen molar-refractivity contribution in [2.45, 2.75) is 19.9 Å². The topological polar surface area (TPSA) is 32.3 Å². The third-order valence-corrected chi connectivity index (χ3v) is 3.70. The molecule has 2 rings (SSSR count). The summed E-state index contributed by atoms with van der Waals surface area (Å²) in [5.41, 5.74) is 2.89. The van der Waals surface area contributed by atoms with E-state index < -0.39 is 0 Å². The predicted octanol–water partition coefficient (Wildman–Crippen LogP) is 4.78. The minimum Gasteiger partial charge on any atom is -0.508 e. The lowest BCUT2D eigenvalue weighted by Crippen LogP contribution is -2.08. The third-order valence-electron chi connectivity index (χ3n) is 3.01. The largest absolute Gasteiger partial charge is 0.508 e. The number of rotatable bonds is 3. The Hall–Kier alpha value is -1.55. The molecule has 1 unspecified atom stereocenters. The Kier molecular flexibility index (Phi) is 4.10. The predicted molar refractivity (Wildman–Crippen MR) is 79.0 cm³/mol. The third kappa shape index (κ3) is 3.26. The van der Waals surface area contributed by atoms with Crippen LogP contribution < -0.4 is 5.32 Å². The van der Waals surface area contributed by atoms with E-state index in [4.69, 9.17) is 0 Å². The molecular formula is C15H15BrFNO. The maximum Gasteiger partial charge on any atom is 0.124 e. The second kappa shape index (κ2) is 5.61. The Morgan fingerprint density at radius 2 is 1.95 bits per heavy atom. The molecule has 2 aromatic rings. The van der Waals surface area contributed by atoms with Crippen molar-refractivity contribution >= 4 is 21.6 Å². The summed E-state index contributed by atoms with van der Waals surface area (Å²) in [5, 5.41) is 12.7. The van der Waals surface area contributed by atoms with Crippen molar-refractivity contribution in [3.8, 4) is 5.75 Å². The molecule has 0 aromatic heterocycles. The van der Waals surface area contributed by atoms with Gasteiger partial charge in [0.25, 0.3) is 0 Å². The van der Waals surface area contributed by atoms with E-state index in [0.717, 1.165) is 21.3 Å². The van der Waals surface area contributed by atoms with Gasteiger partial charge >= 0.3 is 0 Å². The molecule has 0 aliphatic carbocycles. The van der Waals surface area contributed by atoms with E-state index >= 15 is 0 Å². The van der Waals surface area contributed by atoms with Crippen LogP contribution in [0.2, 0.25) is 0 Å². The fourth-order valence-corrected chi connectivity index (χ4v) is 2.67. The Labute approximate surface area is 120 Å². The number of phenolic OH excluding ortho intramolecular Hbond substituents is 1. The number of aryl methyl sites for hydroxylation is 1. The highest BCUT2D eigenvalue weighted by atomic mass is 79.9. The van der Waals surface area contributed by atoms with Crippen molar-refractivity contribution in [3.63, 3.8) is 0 Å². The molecule has 0 aliphatic heterocycles. The summed E-state index contributed by atoms with van der Waals surface area (Å²) < 4.78 is 13.8. The van der Waals surface area contributed by atoms with Crippen LogP contribution in [0, 0.1) is 12.7 Å². The van der Waals surface area contributed by atoms with Crippen LogP contribution >= 0.6 is 15.9 Å². The van der Waals surface area contributed by atoms with E-state index in [1.807, 2.05) is 19.9 Å². The number of aromatic hydroxyl groups is 1. The molecular weight excluding hydrogens is 309 g/mol. The van der Waals surface area contributed by atoms with E-state index in [1.54, 1.807) is 18.2 Å². The standard InChI is InChI=1S/C15H15BrFNO/c1-9-7-12(19)4-6-15(9)18-10(2)13-5-3-11(17)8-14(13)16/h3-8,10,18-19H,1-2H3. The number of anilines is 1. The zero-order valence-electron chi connectivity index (χ0n) is 10.7. The molecule has 0 heterocycles. The van der Waals surface area contributed by atoms with Crippen molar-refractivity contribution in [2.24, 2.45) is 0 Å². The van der Waals surface area contributed by atoms with Gasteiger partial charge in [0.05, 0.1) is 0 Å². The summed E-state index contributed by atoms with van der Waals surface area (Å²) in [5.74, 6) is -0.0118. The van der Waals surface area contributed by atoms with Crippen LogP contribution in [-0.2, 0) is 0 Å². The number of halogens is 2. The summed E-state index contributed by atoms with van der Waals surface area (Å²) in [4.78, 5) is 0. The highest BCUT2D eigenvalue weighted by Crippen LogP contribution is 2.29. The minimum absolute atomic E-state index is 0.0261. The van der Waals surface area contributed by atoms with Gasteiger partial charge in [-0.25, -0.2) is 4.39 Å². The highest BCUT2D eigenvalue weighted by molar-refractivity contribution is 9.10. The number of hydrogen-bond donors (Lipinski definition) is 2. The summed E-state index contributed by atoms with van der Waals surface area (Å²) in [6.07, 6.45) is 0. The van der Waals surface area contributed by atoms with Crippen LogP contribution in [0.3, 0.4) is 0 Å². The zero-order chi connectivity index (χ0) is 14.0. The molecule has 0 saturated carbocycles. The van der Waals surface area contributed by atoms with Crippen LogP contribution in [0.5, 0.6) is 5.75 Å². The molecule has 2 N–H and O–H groups in total. The van der Waals surface area contributed by atoms with Gasteiger partial charge in [-0.1, -0.05) is 22.0 Å². The first-order valence-electron chi connectivity index (χ1n) is 5.98. The Balaban J connectivity index is 2.23. The van der Waals surface area contributed by atoms with Gasteiger partial charge in [0, 0.05) is 16.2 Å². The van der Waals surface area contributed by atoms with Crippen molar-refractivity contribution < 1.29 is 9.50 Å². The van der Waals surface area contributed by atoms with Gasteiger partial charge < -0.3 is 10.4 Å². The smallest absolute Gasteiger partial charge is 0.124 e. The van der Waals surface area contributed by atoms with Gasteiger partial charge in [-0.05, 0) is 55.3 Å². The average Bonchev–Trinajstić information content (AvgIpc) is 2.32. The molecule has 0 bridgehead atoms. The number of hydrogen-bond acceptors (Lipinski definition) is 2. The van der Waals surface area contributed by atoms with Gasteiger partial charge in [-0.15, -0.1) is 0 Å². The molecule has 2 aromatic carbocycles. The molecule has 0 aliphatic rings. The van der Waals surface area contributed by atoms with Gasteiger partial charge in [-0.2, -0.15) is 0 Å². The molecule has 2 nitrogen and oxygen atoms in total. The van der Waals surface area contributed by atoms with Crippen LogP contribution in [0.1, 0.15) is 24.1 Å². The maximum atomic E-state index is 13.1. The molecule has 0 amide bonds. The maximum absolute atomic E-state index is 13.1. The summed E-state index contributed by atoms with van der Waals surface area (Å²) in [7, 11) is 0. The Morgan fingerprint density at radius 3 is 2.58 bits per heavy atom. The molecule has 0 spiro atoms. The molecule has 1 atom stereocenters. The van der Waals surface area contributed by atoms with Crippen molar-refractivity contribution in [2.75, 3.05) is 5.32 Å². The van der Waals surface area contributed by atoms with Gasteiger partial charge in [0.1, 0.15) is 11.6 Å². The Bertz CT molecular complexity index is 601. The SMILES string of the molecule is Cc1cc(O)ccc1NC(C)c1ccc(F)cc1Br. The number of phenols is 1. The van der Waals surface area contributed by atoms with Gasteiger partial charge in [0.2, 0.25) is 0 Å². The van der Waals surface area contributed by atoms with Gasteiger partial charge in [0.15, 0.2) is 0 Å². The molecule has 100 valence electrons. The van der Waals surface area contributed by atoms with Crippen LogP contribution in [0.25, 0.3) is 0 Å². The molecule has 0 fully saturated rings. The van der Waals surface area contributed by atoms with E-state index in [-0.39, 0.29) is 17.6 Å². The van der Waals surface area contributed by atoms with Crippen LogP contribution in [0.4, 0.5) is 10.1 Å². The van der Waals surface area contributed by atoms with E-state index in [9.17, 15) is 9.50 Å².